The average Bonchev–Trinajstić information content (AvgIpc) is 2.37. The number of nitrogens with two attached hydrogens (primary N) is 2. The number of anilines is 2. The van der Waals surface area contributed by atoms with Crippen LogP contribution in [0.3, 0.4) is 0 Å². The lowest BCUT2D eigenvalue weighted by atomic mass is 10.1. The van der Waals surface area contributed by atoms with Crippen molar-refractivity contribution in [3.05, 3.63) is 53.6 Å². The zero-order valence-corrected chi connectivity index (χ0v) is 12.9. The van der Waals surface area contributed by atoms with Crippen molar-refractivity contribution in [3.63, 3.8) is 0 Å². The summed E-state index contributed by atoms with van der Waals surface area (Å²) in [5, 5.41) is 5.16. The van der Waals surface area contributed by atoms with Crippen molar-refractivity contribution in [1.82, 2.24) is 0 Å². The van der Waals surface area contributed by atoms with Gasteiger partial charge in [-0.1, -0.05) is 29.8 Å². The number of sulfonamides is 1. The molecule has 0 saturated heterocycles. The first-order valence-electron chi connectivity index (χ1n) is 6.46. The van der Waals surface area contributed by atoms with Gasteiger partial charge in [0.15, 0.2) is 0 Å². The molecule has 2 aromatic rings. The maximum atomic E-state index is 11.4. The number of rotatable bonds is 4. The van der Waals surface area contributed by atoms with Gasteiger partial charge in [-0.2, -0.15) is 0 Å². The van der Waals surface area contributed by atoms with E-state index in [4.69, 9.17) is 10.9 Å². The Morgan fingerprint density at radius 3 is 2.48 bits per heavy atom. The molecule has 112 valence electrons. The second kappa shape index (κ2) is 5.75. The molecule has 0 aliphatic heterocycles. The largest absolute Gasteiger partial charge is 0.397 e. The van der Waals surface area contributed by atoms with Crippen LogP contribution in [-0.4, -0.2) is 15.5 Å². The summed E-state index contributed by atoms with van der Waals surface area (Å²) in [6.45, 7) is 2.65. The Hall–Kier alpha value is -2.05. The molecule has 6 heteroatoms. The van der Waals surface area contributed by atoms with Crippen LogP contribution >= 0.6 is 0 Å². The minimum Gasteiger partial charge on any atom is -0.397 e. The second-order valence-corrected chi connectivity index (χ2v) is 6.67. The standard InChI is InChI=1S/C15H19N3O2S/c1-11-4-3-5-12(8-11)10-18(2)15-9-13(21(17,19)20)6-7-14(15)16/h3-9H,10,16H2,1-2H3,(H2,17,19,20). The minimum atomic E-state index is -3.74. The van der Waals surface area contributed by atoms with E-state index in [0.29, 0.717) is 17.9 Å². The summed E-state index contributed by atoms with van der Waals surface area (Å²) >= 11 is 0. The summed E-state index contributed by atoms with van der Waals surface area (Å²) in [5.41, 5.74) is 9.39. The molecule has 0 radical (unpaired) electrons. The number of hydrogen-bond acceptors (Lipinski definition) is 4. The number of primary sulfonamides is 1. The number of hydrogen-bond donors (Lipinski definition) is 2. The van der Waals surface area contributed by atoms with Gasteiger partial charge in [0.05, 0.1) is 16.3 Å². The Bertz CT molecular complexity index is 757. The fourth-order valence-electron chi connectivity index (χ4n) is 2.20. The molecule has 0 spiro atoms. The van der Waals surface area contributed by atoms with Crippen molar-refractivity contribution in [2.45, 2.75) is 18.4 Å². The normalized spacial score (nSPS) is 11.4. The van der Waals surface area contributed by atoms with Crippen LogP contribution in [0.1, 0.15) is 11.1 Å². The van der Waals surface area contributed by atoms with E-state index >= 15 is 0 Å². The Morgan fingerprint density at radius 1 is 1.14 bits per heavy atom. The molecule has 0 saturated carbocycles. The van der Waals surface area contributed by atoms with E-state index < -0.39 is 10.0 Å². The third-order valence-corrected chi connectivity index (χ3v) is 4.15. The van der Waals surface area contributed by atoms with Gasteiger partial charge >= 0.3 is 0 Å². The maximum absolute atomic E-state index is 11.4. The lowest BCUT2D eigenvalue weighted by Gasteiger charge is -2.22. The molecule has 2 rings (SSSR count). The molecule has 21 heavy (non-hydrogen) atoms. The first-order valence-corrected chi connectivity index (χ1v) is 8.01. The molecular weight excluding hydrogens is 286 g/mol. The molecule has 4 N–H and O–H groups in total. The number of aryl methyl sites for hydroxylation is 1. The molecule has 0 amide bonds. The Morgan fingerprint density at radius 2 is 1.86 bits per heavy atom. The first kappa shape index (κ1) is 15.3. The van der Waals surface area contributed by atoms with E-state index in [1.165, 1.54) is 17.7 Å². The molecule has 0 atom stereocenters. The molecular formula is C15H19N3O2S. The monoisotopic (exact) mass is 305 g/mol. The van der Waals surface area contributed by atoms with Crippen molar-refractivity contribution >= 4 is 21.4 Å². The van der Waals surface area contributed by atoms with Crippen LogP contribution in [0, 0.1) is 6.92 Å². The highest BCUT2D eigenvalue weighted by Crippen LogP contribution is 2.26. The van der Waals surface area contributed by atoms with E-state index in [1.54, 1.807) is 6.07 Å². The molecule has 2 aromatic carbocycles. The zero-order valence-electron chi connectivity index (χ0n) is 12.1. The molecule has 0 fully saturated rings. The van der Waals surface area contributed by atoms with Crippen molar-refractivity contribution < 1.29 is 8.42 Å². The van der Waals surface area contributed by atoms with E-state index in [0.717, 1.165) is 5.56 Å². The first-order chi connectivity index (χ1) is 9.77. The predicted octanol–water partition coefficient (Wildman–Crippen LogP) is 1.86. The predicted molar refractivity (Wildman–Crippen MR) is 85.5 cm³/mol. The van der Waals surface area contributed by atoms with Crippen molar-refractivity contribution in [3.8, 4) is 0 Å². The van der Waals surface area contributed by atoms with Gasteiger partial charge in [-0.25, -0.2) is 13.6 Å². The van der Waals surface area contributed by atoms with Gasteiger partial charge in [-0.15, -0.1) is 0 Å². The molecule has 0 aliphatic carbocycles. The smallest absolute Gasteiger partial charge is 0.238 e. The highest BCUT2D eigenvalue weighted by molar-refractivity contribution is 7.89. The number of nitrogen functional groups attached to an aromatic ring is 1. The summed E-state index contributed by atoms with van der Waals surface area (Å²) in [6, 6.07) is 12.6. The fourth-order valence-corrected chi connectivity index (χ4v) is 2.73. The van der Waals surface area contributed by atoms with E-state index in [2.05, 4.69) is 6.07 Å². The Balaban J connectivity index is 2.32. The van der Waals surface area contributed by atoms with Crippen LogP contribution in [0.2, 0.25) is 0 Å². The second-order valence-electron chi connectivity index (χ2n) is 5.11. The SMILES string of the molecule is Cc1cccc(CN(C)c2cc(S(N)(=O)=O)ccc2N)c1. The van der Waals surface area contributed by atoms with Crippen LogP contribution in [-0.2, 0) is 16.6 Å². The van der Waals surface area contributed by atoms with Crippen molar-refractivity contribution in [1.29, 1.82) is 0 Å². The fraction of sp³-hybridized carbons (Fsp3) is 0.200. The van der Waals surface area contributed by atoms with Gasteiger partial charge in [0.2, 0.25) is 10.0 Å². The molecule has 0 bridgehead atoms. The highest BCUT2D eigenvalue weighted by Gasteiger charge is 2.13. The van der Waals surface area contributed by atoms with Gasteiger partial charge in [0, 0.05) is 13.6 Å². The zero-order chi connectivity index (χ0) is 15.6. The van der Waals surface area contributed by atoms with Gasteiger partial charge in [0.1, 0.15) is 0 Å². The van der Waals surface area contributed by atoms with E-state index in [1.807, 2.05) is 37.1 Å². The van der Waals surface area contributed by atoms with Gasteiger partial charge in [-0.05, 0) is 30.7 Å². The summed E-state index contributed by atoms with van der Waals surface area (Å²) in [7, 11) is -1.88. The quantitative estimate of drug-likeness (QED) is 0.844. The van der Waals surface area contributed by atoms with Gasteiger partial charge in [-0.3, -0.25) is 0 Å². The summed E-state index contributed by atoms with van der Waals surface area (Å²) in [5.74, 6) is 0. The lowest BCUT2D eigenvalue weighted by Crippen LogP contribution is -2.19. The van der Waals surface area contributed by atoms with E-state index in [-0.39, 0.29) is 4.90 Å². The average molecular weight is 305 g/mol. The third-order valence-electron chi connectivity index (χ3n) is 3.24. The molecule has 0 aliphatic rings. The van der Waals surface area contributed by atoms with Crippen molar-refractivity contribution in [2.24, 2.45) is 5.14 Å². The Kier molecular flexibility index (Phi) is 4.20. The topological polar surface area (TPSA) is 89.4 Å². The molecule has 0 unspecified atom stereocenters. The minimum absolute atomic E-state index is 0.0581. The van der Waals surface area contributed by atoms with Gasteiger partial charge in [0.25, 0.3) is 0 Å². The molecule has 5 nitrogen and oxygen atoms in total. The van der Waals surface area contributed by atoms with Crippen LogP contribution < -0.4 is 15.8 Å². The highest BCUT2D eigenvalue weighted by atomic mass is 32.2. The van der Waals surface area contributed by atoms with Crippen LogP contribution in [0.15, 0.2) is 47.4 Å². The third kappa shape index (κ3) is 3.74. The van der Waals surface area contributed by atoms with Crippen molar-refractivity contribution in [2.75, 3.05) is 17.7 Å². The Labute approximate surface area is 125 Å². The summed E-state index contributed by atoms with van der Waals surface area (Å²) in [6.07, 6.45) is 0. The van der Waals surface area contributed by atoms with E-state index in [9.17, 15) is 8.42 Å². The number of benzene rings is 2. The molecule has 0 heterocycles. The van der Waals surface area contributed by atoms with Crippen LogP contribution in [0.25, 0.3) is 0 Å². The molecule has 0 aromatic heterocycles. The summed E-state index contributed by atoms with van der Waals surface area (Å²) < 4.78 is 22.9. The number of nitrogens with zero attached hydrogens (tertiary/aromatic N) is 1. The lowest BCUT2D eigenvalue weighted by molar-refractivity contribution is 0.598. The van der Waals surface area contributed by atoms with Crippen LogP contribution in [0.4, 0.5) is 11.4 Å². The van der Waals surface area contributed by atoms with Gasteiger partial charge < -0.3 is 10.6 Å². The maximum Gasteiger partial charge on any atom is 0.238 e. The van der Waals surface area contributed by atoms with Crippen LogP contribution in [0.5, 0.6) is 0 Å². The summed E-state index contributed by atoms with van der Waals surface area (Å²) in [4.78, 5) is 1.96.